The van der Waals surface area contributed by atoms with Crippen LogP contribution in [0.2, 0.25) is 0 Å². The minimum atomic E-state index is -0.558. The molecule has 0 spiro atoms. The molecule has 27 heavy (non-hydrogen) atoms. The summed E-state index contributed by atoms with van der Waals surface area (Å²) in [5.41, 5.74) is 8.28. The van der Waals surface area contributed by atoms with Gasteiger partial charge in [-0.2, -0.15) is 0 Å². The third kappa shape index (κ3) is 6.36. The lowest BCUT2D eigenvalue weighted by atomic mass is 9.94. The van der Waals surface area contributed by atoms with Crippen molar-refractivity contribution in [2.45, 2.75) is 26.0 Å². The zero-order valence-electron chi connectivity index (χ0n) is 15.6. The summed E-state index contributed by atoms with van der Waals surface area (Å²) in [5, 5.41) is 5.59. The number of nitrogens with one attached hydrogen (secondary N) is 2. The lowest BCUT2D eigenvalue weighted by Gasteiger charge is -2.20. The number of carbonyl (C=O) groups is 2. The first-order valence-corrected chi connectivity index (χ1v) is 8.47. The van der Waals surface area contributed by atoms with Gasteiger partial charge in [0.05, 0.1) is 5.92 Å². The van der Waals surface area contributed by atoms with Gasteiger partial charge in [-0.3, -0.25) is 9.59 Å². The van der Waals surface area contributed by atoms with Crippen molar-refractivity contribution >= 4 is 35.6 Å². The molecule has 0 bridgehead atoms. The van der Waals surface area contributed by atoms with E-state index in [0.717, 1.165) is 5.56 Å². The van der Waals surface area contributed by atoms with Crippen molar-refractivity contribution in [2.75, 3.05) is 17.7 Å². The Morgan fingerprint density at radius 3 is 2.04 bits per heavy atom. The van der Waals surface area contributed by atoms with Crippen LogP contribution in [0.25, 0.3) is 0 Å². The van der Waals surface area contributed by atoms with E-state index in [1.54, 1.807) is 38.1 Å². The maximum atomic E-state index is 12.5. The number of ether oxygens (including phenoxy) is 1. The second kappa shape index (κ2) is 10.7. The number of carbonyl (C=O) groups excluding carboxylic acids is 2. The summed E-state index contributed by atoms with van der Waals surface area (Å²) in [6.07, 6.45) is -0.558. The molecule has 0 aliphatic heterocycles. The summed E-state index contributed by atoms with van der Waals surface area (Å²) >= 11 is 0. The average Bonchev–Trinajstić information content (AvgIpc) is 2.67. The number of hydrogen-bond donors (Lipinski definition) is 3. The van der Waals surface area contributed by atoms with Crippen LogP contribution < -0.4 is 16.4 Å². The maximum absolute atomic E-state index is 12.5. The van der Waals surface area contributed by atoms with Gasteiger partial charge in [0.25, 0.3) is 5.91 Å². The Morgan fingerprint density at radius 2 is 1.48 bits per heavy atom. The summed E-state index contributed by atoms with van der Waals surface area (Å²) in [7, 11) is 1.47. The minimum Gasteiger partial charge on any atom is -0.372 e. The SMILES string of the molecule is COC(C)C(=O)Nc1cccc(NC(=O)C(C)C(N)c2ccccc2)c1.Cl. The van der Waals surface area contributed by atoms with Crippen LogP contribution in [-0.4, -0.2) is 25.0 Å². The van der Waals surface area contributed by atoms with Gasteiger partial charge >= 0.3 is 0 Å². The highest BCUT2D eigenvalue weighted by atomic mass is 35.5. The van der Waals surface area contributed by atoms with Crippen molar-refractivity contribution in [1.82, 2.24) is 0 Å². The lowest BCUT2D eigenvalue weighted by Crippen LogP contribution is -2.30. The largest absolute Gasteiger partial charge is 0.372 e. The molecule has 6 nitrogen and oxygen atoms in total. The Morgan fingerprint density at radius 1 is 0.926 bits per heavy atom. The van der Waals surface area contributed by atoms with E-state index in [1.165, 1.54) is 7.11 Å². The summed E-state index contributed by atoms with van der Waals surface area (Å²) in [6, 6.07) is 16.1. The van der Waals surface area contributed by atoms with E-state index in [2.05, 4.69) is 10.6 Å². The molecule has 2 aromatic rings. The molecular formula is C20H26ClN3O3. The molecule has 0 aliphatic carbocycles. The molecule has 0 aromatic heterocycles. The Kier molecular flexibility index (Phi) is 8.94. The lowest BCUT2D eigenvalue weighted by molar-refractivity contribution is -0.124. The Labute approximate surface area is 165 Å². The van der Waals surface area contributed by atoms with Gasteiger partial charge in [0.15, 0.2) is 0 Å². The molecular weight excluding hydrogens is 366 g/mol. The molecule has 146 valence electrons. The molecule has 7 heteroatoms. The van der Waals surface area contributed by atoms with Gasteiger partial charge in [0, 0.05) is 24.5 Å². The second-order valence-corrected chi connectivity index (χ2v) is 6.16. The fourth-order valence-corrected chi connectivity index (χ4v) is 2.41. The first-order chi connectivity index (χ1) is 12.4. The Hall–Kier alpha value is -2.41. The number of amides is 2. The number of benzene rings is 2. The molecule has 0 aliphatic rings. The van der Waals surface area contributed by atoms with Gasteiger partial charge in [0.1, 0.15) is 6.10 Å². The normalized spacial score (nSPS) is 13.6. The zero-order chi connectivity index (χ0) is 19.1. The van der Waals surface area contributed by atoms with E-state index >= 15 is 0 Å². The van der Waals surface area contributed by atoms with Gasteiger partial charge in [-0.15, -0.1) is 12.4 Å². The topological polar surface area (TPSA) is 93.5 Å². The number of nitrogens with two attached hydrogens (primary N) is 1. The van der Waals surface area contributed by atoms with Gasteiger partial charge in [-0.05, 0) is 30.7 Å². The van der Waals surface area contributed by atoms with Crippen LogP contribution in [0.3, 0.4) is 0 Å². The average molecular weight is 392 g/mol. The first kappa shape index (κ1) is 22.6. The van der Waals surface area contributed by atoms with Crippen LogP contribution >= 0.6 is 12.4 Å². The molecule has 2 aromatic carbocycles. The third-order valence-corrected chi connectivity index (χ3v) is 4.26. The van der Waals surface area contributed by atoms with Crippen LogP contribution in [0, 0.1) is 5.92 Å². The molecule has 0 fully saturated rings. The first-order valence-electron chi connectivity index (χ1n) is 8.47. The fraction of sp³-hybridized carbons (Fsp3) is 0.300. The number of hydrogen-bond acceptors (Lipinski definition) is 4. The quantitative estimate of drug-likeness (QED) is 0.674. The maximum Gasteiger partial charge on any atom is 0.253 e. The molecule has 0 saturated carbocycles. The molecule has 2 amide bonds. The molecule has 0 saturated heterocycles. The van der Waals surface area contributed by atoms with E-state index in [9.17, 15) is 9.59 Å². The highest BCUT2D eigenvalue weighted by Gasteiger charge is 2.22. The van der Waals surface area contributed by atoms with Crippen LogP contribution in [-0.2, 0) is 14.3 Å². The van der Waals surface area contributed by atoms with Crippen molar-refractivity contribution in [3.05, 3.63) is 60.2 Å². The smallest absolute Gasteiger partial charge is 0.253 e. The van der Waals surface area contributed by atoms with E-state index in [1.807, 2.05) is 30.3 Å². The van der Waals surface area contributed by atoms with Crippen molar-refractivity contribution in [3.63, 3.8) is 0 Å². The number of methoxy groups -OCH3 is 1. The van der Waals surface area contributed by atoms with Crippen LogP contribution in [0.5, 0.6) is 0 Å². The van der Waals surface area contributed by atoms with Crippen molar-refractivity contribution in [3.8, 4) is 0 Å². The summed E-state index contributed by atoms with van der Waals surface area (Å²) < 4.78 is 4.98. The van der Waals surface area contributed by atoms with Crippen molar-refractivity contribution in [1.29, 1.82) is 0 Å². The third-order valence-electron chi connectivity index (χ3n) is 4.26. The summed E-state index contributed by atoms with van der Waals surface area (Å²) in [4.78, 5) is 24.4. The van der Waals surface area contributed by atoms with Crippen LogP contribution in [0.15, 0.2) is 54.6 Å². The van der Waals surface area contributed by atoms with Gasteiger partial charge in [-0.1, -0.05) is 43.3 Å². The molecule has 3 unspecified atom stereocenters. The number of rotatable bonds is 7. The highest BCUT2D eigenvalue weighted by Crippen LogP contribution is 2.22. The predicted molar refractivity (Wildman–Crippen MR) is 110 cm³/mol. The predicted octanol–water partition coefficient (Wildman–Crippen LogP) is 3.36. The zero-order valence-corrected chi connectivity index (χ0v) is 16.5. The van der Waals surface area contributed by atoms with Gasteiger partial charge < -0.3 is 21.1 Å². The standard InChI is InChI=1S/C20H25N3O3.ClH/c1-13(18(21)15-8-5-4-6-9-15)19(24)22-16-10-7-11-17(12-16)23-20(25)14(2)26-3;/h4-14,18H,21H2,1-3H3,(H,22,24)(H,23,25);1H. The van der Waals surface area contributed by atoms with E-state index in [0.29, 0.717) is 11.4 Å². The fourth-order valence-electron chi connectivity index (χ4n) is 2.41. The number of anilines is 2. The van der Waals surface area contributed by atoms with Crippen LogP contribution in [0.1, 0.15) is 25.5 Å². The van der Waals surface area contributed by atoms with Gasteiger partial charge in [-0.25, -0.2) is 0 Å². The van der Waals surface area contributed by atoms with Gasteiger partial charge in [0.2, 0.25) is 5.91 Å². The summed E-state index contributed by atoms with van der Waals surface area (Å²) in [5.74, 6) is -0.852. The van der Waals surface area contributed by atoms with Crippen molar-refractivity contribution in [2.24, 2.45) is 11.7 Å². The Balaban J connectivity index is 0.00000364. The van der Waals surface area contributed by atoms with E-state index in [4.69, 9.17) is 10.5 Å². The van der Waals surface area contributed by atoms with Crippen molar-refractivity contribution < 1.29 is 14.3 Å². The van der Waals surface area contributed by atoms with Crippen LogP contribution in [0.4, 0.5) is 11.4 Å². The molecule has 2 rings (SSSR count). The number of halogens is 1. The molecule has 0 heterocycles. The molecule has 3 atom stereocenters. The summed E-state index contributed by atoms with van der Waals surface area (Å²) in [6.45, 7) is 3.45. The Bertz CT molecular complexity index is 755. The molecule has 4 N–H and O–H groups in total. The minimum absolute atomic E-state index is 0. The second-order valence-electron chi connectivity index (χ2n) is 6.16. The van der Waals surface area contributed by atoms with E-state index < -0.39 is 18.1 Å². The highest BCUT2D eigenvalue weighted by molar-refractivity contribution is 5.96. The molecule has 0 radical (unpaired) electrons. The van der Waals surface area contributed by atoms with E-state index in [-0.39, 0.29) is 24.2 Å². The monoisotopic (exact) mass is 391 g/mol.